The summed E-state index contributed by atoms with van der Waals surface area (Å²) in [5.41, 5.74) is 10.1. The van der Waals surface area contributed by atoms with Gasteiger partial charge in [0.1, 0.15) is 67.0 Å². The number of aromatic nitrogens is 12. The van der Waals surface area contributed by atoms with Crippen LogP contribution >= 0.6 is 69.6 Å². The first-order chi connectivity index (χ1) is 63.4. The minimum Gasteiger partial charge on any atom is -0.447 e. The molecule has 646 valence electrons. The number of aromatic amines is 2. The lowest BCUT2D eigenvalue weighted by Gasteiger charge is -2.13. The maximum atomic E-state index is 12.7. The molecule has 16 aromatic rings. The van der Waals surface area contributed by atoms with E-state index in [1.165, 1.54) is 30.9 Å². The molecule has 0 fully saturated rings. The van der Waals surface area contributed by atoms with Gasteiger partial charge in [0.25, 0.3) is 33.4 Å². The van der Waals surface area contributed by atoms with Crippen LogP contribution in [0.15, 0.2) is 308 Å². The monoisotopic (exact) mass is 1850 g/mol. The number of benzene rings is 10. The van der Waals surface area contributed by atoms with Crippen LogP contribution in [0.5, 0.6) is 11.5 Å². The number of aryl methyl sites for hydroxylation is 1. The fourth-order valence-electron chi connectivity index (χ4n) is 12.9. The second kappa shape index (κ2) is 46.3. The van der Waals surface area contributed by atoms with Gasteiger partial charge in [0.15, 0.2) is 5.15 Å². The number of para-hydroxylation sites is 2. The Balaban J connectivity index is 0.000000153. The van der Waals surface area contributed by atoms with Crippen LogP contribution in [0.2, 0.25) is 30.9 Å². The summed E-state index contributed by atoms with van der Waals surface area (Å²) in [6.07, 6.45) is 3.78. The molecule has 32 heteroatoms. The Morgan fingerprint density at radius 1 is 0.336 bits per heavy atom. The number of nitriles is 6. The van der Waals surface area contributed by atoms with Crippen LogP contribution < -0.4 is 43.4 Å². The van der Waals surface area contributed by atoms with E-state index in [4.69, 9.17) is 101 Å². The molecule has 0 saturated heterocycles. The summed E-state index contributed by atoms with van der Waals surface area (Å²) in [6.45, 7) is 0.187. The highest BCUT2D eigenvalue weighted by molar-refractivity contribution is 6.32. The van der Waals surface area contributed by atoms with E-state index in [-0.39, 0.29) is 89.6 Å². The number of anilines is 1. The van der Waals surface area contributed by atoms with Crippen LogP contribution in [-0.2, 0) is 60.4 Å². The fourth-order valence-corrected chi connectivity index (χ4v) is 14.2. The zero-order valence-corrected chi connectivity index (χ0v) is 74.4. The smallest absolute Gasteiger partial charge is 0.298 e. The van der Waals surface area contributed by atoms with Crippen LogP contribution in [0, 0.1) is 68.0 Å². The SMILES string of the molecule is Cn1c(-c2ccccc2)nc(Cl)c(CNc2ccccc2C#N)c1=O.Cn1c(-c2ccccc2)nc(Cl)c(Cc2ccccc2C#N)c1=O.Cn1c(-c2ccccc2)nc(Cl)c(Oc2ccccc2C#N)c1=O.Cn1cnc(Cl)c(Cc2ccccc2C#N)c1=O.N#Cc1ccccc1Cc1c(Cl)nc(-c2ccccc2)[nH]c1=O.N#Cc1ccccc1Cc1c(Cl)nc[nH]c1=O. The number of hydrogen-bond donors (Lipinski definition) is 3. The predicted molar refractivity (Wildman–Crippen MR) is 505 cm³/mol. The van der Waals surface area contributed by atoms with Gasteiger partial charge in [-0.05, 0) is 70.8 Å². The summed E-state index contributed by atoms with van der Waals surface area (Å²) in [6, 6.07) is 92.1. The third kappa shape index (κ3) is 24.3. The topological polar surface area (TPSA) is 395 Å². The van der Waals surface area contributed by atoms with Crippen LogP contribution in [0.25, 0.3) is 45.6 Å². The molecule has 0 bridgehead atoms. The van der Waals surface area contributed by atoms with Crippen molar-refractivity contribution in [3.8, 4) is 93.5 Å². The summed E-state index contributed by atoms with van der Waals surface area (Å²) in [7, 11) is 6.55. The Labute approximate surface area is 779 Å². The molecule has 0 atom stereocenters. The molecule has 0 spiro atoms. The minimum atomic E-state index is -0.429. The zero-order valence-electron chi connectivity index (χ0n) is 69.9. The van der Waals surface area contributed by atoms with E-state index in [0.717, 1.165) is 44.5 Å². The van der Waals surface area contributed by atoms with E-state index in [1.807, 2.05) is 164 Å². The van der Waals surface area contributed by atoms with Gasteiger partial charge >= 0.3 is 0 Å². The van der Waals surface area contributed by atoms with Crippen molar-refractivity contribution in [1.29, 1.82) is 31.6 Å². The second-order valence-corrected chi connectivity index (χ2v) is 30.3. The number of rotatable bonds is 17. The predicted octanol–water partition coefficient (Wildman–Crippen LogP) is 18.2. The quantitative estimate of drug-likeness (QED) is 0.0713. The molecular formula is C99H71Cl6N19O7. The maximum Gasteiger partial charge on any atom is 0.298 e. The number of nitrogens with zero attached hydrogens (tertiary/aromatic N) is 16. The third-order valence-corrected chi connectivity index (χ3v) is 21.6. The van der Waals surface area contributed by atoms with E-state index in [1.54, 1.807) is 137 Å². The first-order valence-electron chi connectivity index (χ1n) is 39.4. The first-order valence-corrected chi connectivity index (χ1v) is 41.7. The molecule has 131 heavy (non-hydrogen) atoms. The Morgan fingerprint density at radius 3 is 1.11 bits per heavy atom. The Hall–Kier alpha value is -16.2. The summed E-state index contributed by atoms with van der Waals surface area (Å²) >= 11 is 36.7. The Bertz CT molecular complexity index is 7380. The largest absolute Gasteiger partial charge is 0.447 e. The summed E-state index contributed by atoms with van der Waals surface area (Å²) in [5.74, 6) is 2.04. The van der Waals surface area contributed by atoms with Gasteiger partial charge in [-0.15, -0.1) is 0 Å². The van der Waals surface area contributed by atoms with Gasteiger partial charge in [0.2, 0.25) is 5.75 Å². The molecule has 0 aliphatic rings. The molecule has 0 saturated carbocycles. The lowest BCUT2D eigenvalue weighted by Crippen LogP contribution is -2.26. The average molecular weight is 1850 g/mol. The first kappa shape index (κ1) is 95.4. The second-order valence-electron chi connectivity index (χ2n) is 28.1. The van der Waals surface area contributed by atoms with Crippen molar-refractivity contribution >= 4 is 75.3 Å². The lowest BCUT2D eigenvalue weighted by atomic mass is 10.0. The Kier molecular flexibility index (Phi) is 33.7. The van der Waals surface area contributed by atoms with Gasteiger partial charge in [-0.1, -0.05) is 288 Å². The van der Waals surface area contributed by atoms with E-state index in [0.29, 0.717) is 103 Å². The molecule has 26 nitrogen and oxygen atoms in total. The normalized spacial score (nSPS) is 10.2. The van der Waals surface area contributed by atoms with Crippen molar-refractivity contribution in [2.24, 2.45) is 28.2 Å². The maximum absolute atomic E-state index is 12.7. The van der Waals surface area contributed by atoms with Crippen molar-refractivity contribution in [3.63, 3.8) is 0 Å². The highest BCUT2D eigenvalue weighted by Gasteiger charge is 2.22. The molecule has 0 aliphatic heterocycles. The molecule has 16 rings (SSSR count). The molecule has 0 radical (unpaired) electrons. The number of H-pyrrole nitrogens is 2. The summed E-state index contributed by atoms with van der Waals surface area (Å²) in [4.78, 5) is 104. The number of nitrogens with one attached hydrogen (secondary N) is 3. The standard InChI is InChI=1S/C19H15ClN4O.C19H14ClN3O.C18H12ClN3O2.C18H12ClN3O.C13H10ClN3O.C12H8ClN3O/c1-24-18(13-7-3-2-4-8-13)23-17(20)15(19(24)25)12-22-16-10-6-5-9-14(16)11-21;1-23-18(13-7-3-2-4-8-13)22-17(20)16(19(23)24)11-14-9-5-6-10-15(14)12-21;1-22-17(12-7-3-2-4-8-12)21-16(19)15(18(22)23)24-14-10-6-5-9-13(14)11-20;19-16-15(10-13-8-4-5-9-14(13)11-20)18(23)22-17(21-16)12-6-2-1-3-7-12;1-17-8-16-12(14)11(13(17)18)6-9-4-2-3-5-10(9)7-15;13-11-10(12(17)16-7-15-11)5-8-3-1-2-4-9(8)6-14/h2-10,22H,12H2,1H3;2-10H,11H2,1H3;2-10H,1H3;1-9H,10H2,(H,21,22,23);2-5,8H,6H2,1H3;1-4,7H,5H2,(H,15,16,17). The fraction of sp³-hybridized carbons (Fsp3) is 0.0909. The highest BCUT2D eigenvalue weighted by atomic mass is 35.5. The van der Waals surface area contributed by atoms with Crippen LogP contribution in [0.1, 0.15) is 83.5 Å². The van der Waals surface area contributed by atoms with E-state index >= 15 is 0 Å². The van der Waals surface area contributed by atoms with E-state index in [2.05, 4.69) is 75.5 Å². The lowest BCUT2D eigenvalue weighted by molar-refractivity contribution is 0.465. The number of ether oxygens (including phenoxy) is 1. The molecule has 10 aromatic carbocycles. The van der Waals surface area contributed by atoms with Crippen molar-refractivity contribution in [2.45, 2.75) is 32.2 Å². The zero-order chi connectivity index (χ0) is 93.6. The average Bonchev–Trinajstić information content (AvgIpc) is 0.782. The van der Waals surface area contributed by atoms with E-state index in [9.17, 15) is 34.0 Å². The molecule has 0 aliphatic carbocycles. The van der Waals surface area contributed by atoms with Crippen LogP contribution in [0.4, 0.5) is 5.69 Å². The van der Waals surface area contributed by atoms with Crippen molar-refractivity contribution in [2.75, 3.05) is 5.32 Å². The molecular weight excluding hydrogens is 1780 g/mol. The molecule has 0 unspecified atom stereocenters. The minimum absolute atomic E-state index is 0.0512. The van der Waals surface area contributed by atoms with Gasteiger partial charge in [-0.2, -0.15) is 31.6 Å². The molecule has 6 heterocycles. The van der Waals surface area contributed by atoms with Gasteiger partial charge in [-0.25, -0.2) is 29.9 Å². The number of hydrogen-bond acceptors (Lipinski definition) is 20. The number of halogens is 6. The van der Waals surface area contributed by atoms with E-state index < -0.39 is 5.56 Å². The van der Waals surface area contributed by atoms with Crippen LogP contribution in [0.3, 0.4) is 0 Å². The molecule has 0 amide bonds. The molecule has 3 N–H and O–H groups in total. The van der Waals surface area contributed by atoms with Gasteiger partial charge in [0.05, 0.1) is 104 Å². The summed E-state index contributed by atoms with van der Waals surface area (Å²) < 4.78 is 11.3. The van der Waals surface area contributed by atoms with Gasteiger partial charge in [-0.3, -0.25) is 42.5 Å². The van der Waals surface area contributed by atoms with Crippen molar-refractivity contribution in [3.05, 3.63) is 456 Å². The third-order valence-electron chi connectivity index (χ3n) is 19.8. The Morgan fingerprint density at radius 2 is 0.672 bits per heavy atom. The highest BCUT2D eigenvalue weighted by Crippen LogP contribution is 2.31. The van der Waals surface area contributed by atoms with Gasteiger partial charge in [0, 0.05) is 82.7 Å². The van der Waals surface area contributed by atoms with Crippen molar-refractivity contribution in [1.82, 2.24) is 58.1 Å². The van der Waals surface area contributed by atoms with Crippen LogP contribution in [-0.4, -0.2) is 58.1 Å². The van der Waals surface area contributed by atoms with Crippen molar-refractivity contribution < 1.29 is 4.74 Å². The summed E-state index contributed by atoms with van der Waals surface area (Å²) in [5, 5.41) is 58.4. The molecule has 6 aromatic heterocycles. The van der Waals surface area contributed by atoms with Gasteiger partial charge < -0.3 is 24.6 Å².